The first kappa shape index (κ1) is 32.9. The molecule has 0 unspecified atom stereocenters. The van der Waals surface area contributed by atoms with E-state index in [2.05, 4.69) is 4.99 Å². The number of nitro groups is 1. The highest BCUT2D eigenvalue weighted by molar-refractivity contribution is 7.07. The fourth-order valence-corrected chi connectivity index (χ4v) is 6.26. The Labute approximate surface area is 273 Å². The molecule has 13 heteroatoms. The van der Waals surface area contributed by atoms with Gasteiger partial charge in [0.05, 0.1) is 48.2 Å². The maximum atomic E-state index is 14.1. The molecule has 2 heterocycles. The molecule has 0 fully saturated rings. The van der Waals surface area contributed by atoms with Crippen LogP contribution in [-0.2, 0) is 16.1 Å². The van der Waals surface area contributed by atoms with Crippen LogP contribution >= 0.6 is 11.3 Å². The number of carbonyl (C=O) groups is 1. The molecule has 0 radical (unpaired) electrons. The summed E-state index contributed by atoms with van der Waals surface area (Å²) < 4.78 is 30.3. The number of fused-ring (bicyclic) bond motifs is 1. The molecule has 47 heavy (non-hydrogen) atoms. The fourth-order valence-electron chi connectivity index (χ4n) is 5.21. The third kappa shape index (κ3) is 6.75. The summed E-state index contributed by atoms with van der Waals surface area (Å²) in [6.07, 6.45) is 1.72. The van der Waals surface area contributed by atoms with Gasteiger partial charge in [0.1, 0.15) is 12.6 Å². The quantitative estimate of drug-likeness (QED) is 0.120. The van der Waals surface area contributed by atoms with E-state index in [0.29, 0.717) is 55.8 Å². The summed E-state index contributed by atoms with van der Waals surface area (Å²) in [7, 11) is 3.04. The Morgan fingerprint density at radius 3 is 2.40 bits per heavy atom. The van der Waals surface area contributed by atoms with Crippen LogP contribution in [0.1, 0.15) is 43.5 Å². The Morgan fingerprint density at radius 1 is 1.00 bits per heavy atom. The van der Waals surface area contributed by atoms with Crippen LogP contribution < -0.4 is 33.8 Å². The topological polar surface area (TPSA) is 141 Å². The summed E-state index contributed by atoms with van der Waals surface area (Å²) in [6.45, 7) is 5.94. The summed E-state index contributed by atoms with van der Waals surface area (Å²) in [4.78, 5) is 43.0. The predicted octanol–water partition coefficient (Wildman–Crippen LogP) is 4.70. The average Bonchev–Trinajstić information content (AvgIpc) is 3.37. The molecule has 0 amide bonds. The van der Waals surface area contributed by atoms with Crippen molar-refractivity contribution in [3.05, 3.63) is 118 Å². The van der Waals surface area contributed by atoms with Crippen LogP contribution in [-0.4, -0.2) is 42.9 Å². The van der Waals surface area contributed by atoms with Crippen molar-refractivity contribution in [1.82, 2.24) is 4.57 Å². The van der Waals surface area contributed by atoms with E-state index < -0.39 is 16.9 Å². The zero-order valence-corrected chi connectivity index (χ0v) is 27.3. The lowest BCUT2D eigenvalue weighted by molar-refractivity contribution is -0.384. The van der Waals surface area contributed by atoms with Gasteiger partial charge in [0.25, 0.3) is 11.2 Å². The fraction of sp³-hybridized carbons (Fsp3) is 0.265. The van der Waals surface area contributed by atoms with Crippen molar-refractivity contribution in [3.8, 4) is 23.0 Å². The number of thiazole rings is 1. The van der Waals surface area contributed by atoms with Crippen molar-refractivity contribution in [3.63, 3.8) is 0 Å². The molecule has 244 valence electrons. The van der Waals surface area contributed by atoms with E-state index in [0.717, 1.165) is 5.56 Å². The third-order valence-electron chi connectivity index (χ3n) is 7.36. The number of aromatic nitrogens is 1. The zero-order valence-electron chi connectivity index (χ0n) is 26.5. The SMILES string of the molecule is CCOC(=O)C1=C(C)N=c2s/c(=C/c3ccc(OCc4ccc([N+](=O)[O-])cc4)c(OC)c3)c(=O)n2[C@H]1c1cccc(OC)c1OCC. The lowest BCUT2D eigenvalue weighted by Gasteiger charge is -2.26. The maximum absolute atomic E-state index is 14.1. The van der Waals surface area contributed by atoms with Crippen LogP contribution in [0.15, 0.2) is 81.7 Å². The number of allylic oxidation sites excluding steroid dienone is 1. The number of nitro benzene ring substituents is 1. The average molecular weight is 660 g/mol. The number of methoxy groups -OCH3 is 2. The summed E-state index contributed by atoms with van der Waals surface area (Å²) in [5, 5.41) is 10.9. The highest BCUT2D eigenvalue weighted by Crippen LogP contribution is 2.41. The van der Waals surface area contributed by atoms with Gasteiger partial charge in [-0.3, -0.25) is 19.5 Å². The molecule has 0 spiro atoms. The van der Waals surface area contributed by atoms with Gasteiger partial charge in [-0.25, -0.2) is 9.79 Å². The van der Waals surface area contributed by atoms with Gasteiger partial charge in [-0.1, -0.05) is 29.5 Å². The minimum atomic E-state index is -0.881. The summed E-state index contributed by atoms with van der Waals surface area (Å²) in [6, 6.07) is 15.8. The Bertz CT molecular complexity index is 2030. The Kier molecular flexibility index (Phi) is 10.0. The van der Waals surface area contributed by atoms with Crippen LogP contribution in [0.3, 0.4) is 0 Å². The summed E-state index contributed by atoms with van der Waals surface area (Å²) in [5.41, 5.74) is 2.29. The van der Waals surface area contributed by atoms with Gasteiger partial charge in [0.15, 0.2) is 27.8 Å². The molecule has 5 rings (SSSR count). The highest BCUT2D eigenvalue weighted by Gasteiger charge is 2.36. The van der Waals surface area contributed by atoms with Crippen LogP contribution in [0, 0.1) is 10.1 Å². The molecule has 4 aromatic rings. The number of esters is 1. The summed E-state index contributed by atoms with van der Waals surface area (Å²) in [5.74, 6) is 1.20. The van der Waals surface area contributed by atoms with E-state index in [4.69, 9.17) is 23.7 Å². The molecule has 1 aliphatic heterocycles. The Hall–Kier alpha value is -5.43. The monoisotopic (exact) mass is 659 g/mol. The van der Waals surface area contributed by atoms with Gasteiger partial charge >= 0.3 is 5.97 Å². The maximum Gasteiger partial charge on any atom is 0.338 e. The van der Waals surface area contributed by atoms with Gasteiger partial charge in [0, 0.05) is 17.7 Å². The van der Waals surface area contributed by atoms with E-state index in [-0.39, 0.29) is 30.0 Å². The molecule has 0 aliphatic carbocycles. The predicted molar refractivity (Wildman–Crippen MR) is 175 cm³/mol. The van der Waals surface area contributed by atoms with E-state index >= 15 is 0 Å². The number of benzene rings is 3. The summed E-state index contributed by atoms with van der Waals surface area (Å²) >= 11 is 1.19. The lowest BCUT2D eigenvalue weighted by atomic mass is 9.94. The van der Waals surface area contributed by atoms with Crippen molar-refractivity contribution in [2.75, 3.05) is 27.4 Å². The smallest absolute Gasteiger partial charge is 0.338 e. The highest BCUT2D eigenvalue weighted by atomic mass is 32.1. The van der Waals surface area contributed by atoms with Crippen molar-refractivity contribution in [2.24, 2.45) is 4.99 Å². The standard InChI is InChI=1S/C34H33N3O9S/c1-6-44-31-24(9-8-10-26(31)42-4)30-29(33(39)45-7-2)20(3)35-34-36(30)32(38)28(47-34)18-22-13-16-25(27(17-22)43-5)46-19-21-11-14-23(15-12-21)37(40)41/h8-18,30H,6-7,19H2,1-5H3/b28-18+/t30-/m0/s1. The van der Waals surface area contributed by atoms with Gasteiger partial charge in [0.2, 0.25) is 0 Å². The largest absolute Gasteiger partial charge is 0.493 e. The van der Waals surface area contributed by atoms with Crippen molar-refractivity contribution in [2.45, 2.75) is 33.4 Å². The van der Waals surface area contributed by atoms with E-state index in [1.165, 1.54) is 42.3 Å². The number of rotatable bonds is 12. The zero-order chi connectivity index (χ0) is 33.7. The van der Waals surface area contributed by atoms with E-state index in [1.54, 1.807) is 68.5 Å². The second-order valence-corrected chi connectivity index (χ2v) is 11.2. The first-order valence-electron chi connectivity index (χ1n) is 14.7. The van der Waals surface area contributed by atoms with Crippen LogP contribution in [0.4, 0.5) is 5.69 Å². The molecule has 0 N–H and O–H groups in total. The van der Waals surface area contributed by atoms with Gasteiger partial charge in [-0.2, -0.15) is 0 Å². The van der Waals surface area contributed by atoms with Gasteiger partial charge < -0.3 is 23.7 Å². The lowest BCUT2D eigenvalue weighted by Crippen LogP contribution is -2.40. The van der Waals surface area contributed by atoms with Crippen LogP contribution in [0.2, 0.25) is 0 Å². The molecule has 1 aliphatic rings. The van der Waals surface area contributed by atoms with E-state index in [9.17, 15) is 19.7 Å². The Balaban J connectivity index is 1.56. The number of para-hydroxylation sites is 1. The first-order valence-corrected chi connectivity index (χ1v) is 15.6. The molecular weight excluding hydrogens is 626 g/mol. The number of hydrogen-bond acceptors (Lipinski definition) is 11. The second-order valence-electron chi connectivity index (χ2n) is 10.2. The van der Waals surface area contributed by atoms with Crippen molar-refractivity contribution in [1.29, 1.82) is 0 Å². The molecule has 1 aromatic heterocycles. The Morgan fingerprint density at radius 2 is 1.74 bits per heavy atom. The number of hydrogen-bond donors (Lipinski definition) is 0. The number of nitrogens with zero attached hydrogens (tertiary/aromatic N) is 3. The molecule has 12 nitrogen and oxygen atoms in total. The molecule has 0 bridgehead atoms. The molecule has 0 saturated carbocycles. The molecule has 3 aromatic carbocycles. The van der Waals surface area contributed by atoms with Crippen LogP contribution in [0.25, 0.3) is 6.08 Å². The number of non-ortho nitro benzene ring substituents is 1. The minimum absolute atomic E-state index is 0.00205. The van der Waals surface area contributed by atoms with Gasteiger partial charge in [-0.05, 0) is 68.3 Å². The van der Waals surface area contributed by atoms with Crippen LogP contribution in [0.5, 0.6) is 23.0 Å². The molecular formula is C34H33N3O9S. The first-order chi connectivity index (χ1) is 22.7. The number of ether oxygens (including phenoxy) is 5. The second kappa shape index (κ2) is 14.3. The minimum Gasteiger partial charge on any atom is -0.493 e. The van der Waals surface area contributed by atoms with E-state index in [1.807, 2.05) is 6.92 Å². The molecule has 0 saturated heterocycles. The van der Waals surface area contributed by atoms with Crippen molar-refractivity contribution < 1.29 is 33.4 Å². The number of carbonyl (C=O) groups excluding carboxylic acids is 1. The van der Waals surface area contributed by atoms with Crippen molar-refractivity contribution >= 4 is 29.1 Å². The normalized spacial score (nSPS) is 14.2. The van der Waals surface area contributed by atoms with Gasteiger partial charge in [-0.15, -0.1) is 0 Å². The molecule has 1 atom stereocenters. The third-order valence-corrected chi connectivity index (χ3v) is 8.34.